The van der Waals surface area contributed by atoms with Gasteiger partial charge in [0.25, 0.3) is 0 Å². The molecule has 3 aromatic carbocycles. The van der Waals surface area contributed by atoms with Gasteiger partial charge < -0.3 is 13.7 Å². The lowest BCUT2D eigenvalue weighted by atomic mass is 9.74. The fraction of sp³-hybridized carbons (Fsp3) is 0.310. The smallest absolute Gasteiger partial charge is 0.456 e. The number of furan rings is 1. The highest BCUT2D eigenvalue weighted by molar-refractivity contribution is 6.62. The molecule has 0 unspecified atom stereocenters. The number of hydrogen-bond donors (Lipinski definition) is 0. The van der Waals surface area contributed by atoms with Crippen molar-refractivity contribution >= 4 is 23.6 Å². The summed E-state index contributed by atoms with van der Waals surface area (Å²) in [5.41, 5.74) is 7.47. The standard InChI is InChI=1S/C29H29BO3/c1-27(2)23-15-19(26-16-18-9-7-8-10-25(18)31-26)11-13-21(23)22-14-12-20(17-24(22)27)30-32-28(3,4)29(5,6)33-30/h7-17H,1-6H3. The highest BCUT2D eigenvalue weighted by Gasteiger charge is 2.52. The van der Waals surface area contributed by atoms with Crippen molar-refractivity contribution in [2.45, 2.75) is 58.2 Å². The van der Waals surface area contributed by atoms with E-state index in [2.05, 4.69) is 90.1 Å². The third kappa shape index (κ3) is 2.97. The first-order chi connectivity index (χ1) is 15.6. The minimum Gasteiger partial charge on any atom is -0.456 e. The highest BCUT2D eigenvalue weighted by atomic mass is 16.7. The van der Waals surface area contributed by atoms with E-state index in [0.717, 1.165) is 27.8 Å². The molecule has 1 aliphatic carbocycles. The molecule has 1 fully saturated rings. The summed E-state index contributed by atoms with van der Waals surface area (Å²) in [6, 6.07) is 23.6. The molecule has 1 saturated heterocycles. The molecule has 1 aliphatic heterocycles. The van der Waals surface area contributed by atoms with Crippen LogP contribution in [0.4, 0.5) is 0 Å². The van der Waals surface area contributed by atoms with Crippen LogP contribution in [0.5, 0.6) is 0 Å². The first kappa shape index (κ1) is 20.8. The van der Waals surface area contributed by atoms with Crippen LogP contribution in [0.2, 0.25) is 0 Å². The molecule has 0 radical (unpaired) electrons. The van der Waals surface area contributed by atoms with Gasteiger partial charge in [0.15, 0.2) is 0 Å². The summed E-state index contributed by atoms with van der Waals surface area (Å²) < 4.78 is 18.8. The maximum Gasteiger partial charge on any atom is 0.494 e. The van der Waals surface area contributed by atoms with Crippen molar-refractivity contribution in [2.24, 2.45) is 0 Å². The zero-order chi connectivity index (χ0) is 23.2. The quantitative estimate of drug-likeness (QED) is 0.328. The lowest BCUT2D eigenvalue weighted by molar-refractivity contribution is 0.00578. The van der Waals surface area contributed by atoms with Gasteiger partial charge in [-0.3, -0.25) is 0 Å². The molecule has 0 spiro atoms. The van der Waals surface area contributed by atoms with Gasteiger partial charge in [-0.15, -0.1) is 0 Å². The molecule has 0 saturated carbocycles. The number of fused-ring (bicyclic) bond motifs is 4. The third-order valence-corrected chi connectivity index (χ3v) is 7.94. The lowest BCUT2D eigenvalue weighted by Gasteiger charge is -2.32. The Morgan fingerprint density at radius 3 is 2.00 bits per heavy atom. The summed E-state index contributed by atoms with van der Waals surface area (Å²) in [6.07, 6.45) is 0. The fourth-order valence-electron chi connectivity index (χ4n) is 5.16. The largest absolute Gasteiger partial charge is 0.494 e. The molecule has 4 heteroatoms. The van der Waals surface area contributed by atoms with Gasteiger partial charge in [-0.1, -0.05) is 62.4 Å². The summed E-state index contributed by atoms with van der Waals surface area (Å²) in [5.74, 6) is 0.906. The van der Waals surface area contributed by atoms with Crippen LogP contribution in [-0.4, -0.2) is 18.3 Å². The normalized spacial score (nSPS) is 19.6. The van der Waals surface area contributed by atoms with Crippen LogP contribution in [0, 0.1) is 0 Å². The van der Waals surface area contributed by atoms with Crippen LogP contribution in [-0.2, 0) is 14.7 Å². The SMILES string of the molecule is CC1(C)c2cc(B3OC(C)(C)C(C)(C)O3)ccc2-c2ccc(-c3cc4ccccc4o3)cc21. The summed E-state index contributed by atoms with van der Waals surface area (Å²) in [4.78, 5) is 0. The molecule has 6 rings (SSSR count). The number of hydrogen-bond acceptors (Lipinski definition) is 3. The van der Waals surface area contributed by atoms with E-state index in [9.17, 15) is 0 Å². The molecular formula is C29H29BO3. The summed E-state index contributed by atoms with van der Waals surface area (Å²) in [5, 5.41) is 1.13. The Hall–Kier alpha value is -2.82. The van der Waals surface area contributed by atoms with Gasteiger partial charge in [-0.2, -0.15) is 0 Å². The van der Waals surface area contributed by atoms with Crippen molar-refractivity contribution in [3.63, 3.8) is 0 Å². The molecule has 2 aliphatic rings. The molecule has 3 nitrogen and oxygen atoms in total. The van der Waals surface area contributed by atoms with E-state index in [1.54, 1.807) is 0 Å². The van der Waals surface area contributed by atoms with Crippen molar-refractivity contribution in [2.75, 3.05) is 0 Å². The number of benzene rings is 3. The summed E-state index contributed by atoms with van der Waals surface area (Å²) in [7, 11) is -0.356. The van der Waals surface area contributed by atoms with Crippen LogP contribution in [0.1, 0.15) is 52.7 Å². The maximum absolute atomic E-state index is 6.33. The Morgan fingerprint density at radius 2 is 1.30 bits per heavy atom. The van der Waals surface area contributed by atoms with Crippen molar-refractivity contribution in [1.29, 1.82) is 0 Å². The molecule has 0 N–H and O–H groups in total. The topological polar surface area (TPSA) is 31.6 Å². The van der Waals surface area contributed by atoms with E-state index < -0.39 is 0 Å². The third-order valence-electron chi connectivity index (χ3n) is 7.94. The summed E-state index contributed by atoms with van der Waals surface area (Å²) >= 11 is 0. The first-order valence-electron chi connectivity index (χ1n) is 11.7. The molecule has 1 aromatic heterocycles. The minimum absolute atomic E-state index is 0.133. The van der Waals surface area contributed by atoms with Crippen molar-refractivity contribution in [3.8, 4) is 22.5 Å². The van der Waals surface area contributed by atoms with E-state index in [1.807, 2.05) is 18.2 Å². The summed E-state index contributed by atoms with van der Waals surface area (Å²) in [6.45, 7) is 13.0. The van der Waals surface area contributed by atoms with E-state index >= 15 is 0 Å². The molecule has 4 aromatic rings. The molecule has 0 bridgehead atoms. The van der Waals surface area contributed by atoms with E-state index in [0.29, 0.717) is 0 Å². The second-order valence-electron chi connectivity index (χ2n) is 10.9. The second kappa shape index (κ2) is 6.62. The second-order valence-corrected chi connectivity index (χ2v) is 10.9. The average molecular weight is 436 g/mol. The molecule has 0 amide bonds. The van der Waals surface area contributed by atoms with Gasteiger partial charge in [0.2, 0.25) is 0 Å². The zero-order valence-corrected chi connectivity index (χ0v) is 20.2. The molecular weight excluding hydrogens is 407 g/mol. The van der Waals surface area contributed by atoms with Crippen molar-refractivity contribution in [3.05, 3.63) is 77.9 Å². The Labute approximate surface area is 195 Å². The van der Waals surface area contributed by atoms with Gasteiger partial charge in [0.05, 0.1) is 11.2 Å². The zero-order valence-electron chi connectivity index (χ0n) is 20.2. The molecule has 33 heavy (non-hydrogen) atoms. The van der Waals surface area contributed by atoms with Gasteiger partial charge in [0, 0.05) is 16.4 Å². The van der Waals surface area contributed by atoms with Crippen molar-refractivity contribution in [1.82, 2.24) is 0 Å². The van der Waals surface area contributed by atoms with E-state index in [4.69, 9.17) is 13.7 Å². The highest BCUT2D eigenvalue weighted by Crippen LogP contribution is 2.49. The Bertz CT molecular complexity index is 1360. The van der Waals surface area contributed by atoms with Crippen molar-refractivity contribution < 1.29 is 13.7 Å². The minimum atomic E-state index is -0.356. The van der Waals surface area contributed by atoms with E-state index in [1.165, 1.54) is 22.3 Å². The molecule has 166 valence electrons. The Morgan fingerprint density at radius 1 is 0.667 bits per heavy atom. The van der Waals surface area contributed by atoms with Crippen LogP contribution < -0.4 is 5.46 Å². The van der Waals surface area contributed by atoms with Gasteiger partial charge in [0.1, 0.15) is 11.3 Å². The predicted molar refractivity (Wildman–Crippen MR) is 135 cm³/mol. The van der Waals surface area contributed by atoms with Crippen LogP contribution in [0.25, 0.3) is 33.4 Å². The molecule has 0 atom stereocenters. The monoisotopic (exact) mass is 436 g/mol. The Kier molecular flexibility index (Phi) is 4.17. The van der Waals surface area contributed by atoms with Gasteiger partial charge >= 0.3 is 7.12 Å². The van der Waals surface area contributed by atoms with Gasteiger partial charge in [-0.25, -0.2) is 0 Å². The van der Waals surface area contributed by atoms with Crippen LogP contribution in [0.3, 0.4) is 0 Å². The maximum atomic E-state index is 6.33. The molecule has 2 heterocycles. The van der Waals surface area contributed by atoms with Gasteiger partial charge in [-0.05, 0) is 73.6 Å². The Balaban J connectivity index is 1.40. The predicted octanol–water partition coefficient (Wildman–Crippen LogP) is 6.71. The van der Waals surface area contributed by atoms with Crippen LogP contribution in [0.15, 0.2) is 71.1 Å². The van der Waals surface area contributed by atoms with E-state index in [-0.39, 0.29) is 23.7 Å². The van der Waals surface area contributed by atoms with Crippen LogP contribution >= 0.6 is 0 Å². The first-order valence-corrected chi connectivity index (χ1v) is 11.7. The number of rotatable bonds is 2. The fourth-order valence-corrected chi connectivity index (χ4v) is 5.16. The number of para-hydroxylation sites is 1. The average Bonchev–Trinajstić information content (AvgIpc) is 3.37. The lowest BCUT2D eigenvalue weighted by Crippen LogP contribution is -2.41.